The number of nitrogens with zero attached hydrogens (tertiary/aromatic N) is 1. The Bertz CT molecular complexity index is 479. The molecule has 19 heavy (non-hydrogen) atoms. The molecule has 0 unspecified atom stereocenters. The SMILES string of the molecule is COc1cc(CC(=O)O)c(OC(F)(F)F)nc1CBr. The molecule has 0 atom stereocenters. The lowest BCUT2D eigenvalue weighted by molar-refractivity contribution is -0.276. The van der Waals surface area contributed by atoms with E-state index in [1.807, 2.05) is 0 Å². The third-order valence-electron chi connectivity index (χ3n) is 2.00. The molecule has 106 valence electrons. The maximum Gasteiger partial charge on any atom is 0.574 e. The zero-order valence-electron chi connectivity index (χ0n) is 9.62. The first kappa shape index (κ1) is 15.5. The van der Waals surface area contributed by atoms with Gasteiger partial charge in [0.05, 0.1) is 19.2 Å². The number of methoxy groups -OCH3 is 1. The second kappa shape index (κ2) is 6.09. The van der Waals surface area contributed by atoms with Crippen molar-refractivity contribution in [1.29, 1.82) is 0 Å². The Morgan fingerprint density at radius 2 is 2.16 bits per heavy atom. The largest absolute Gasteiger partial charge is 0.574 e. The van der Waals surface area contributed by atoms with Crippen molar-refractivity contribution < 1.29 is 32.5 Å². The molecule has 0 fully saturated rings. The molecule has 1 heterocycles. The monoisotopic (exact) mass is 343 g/mol. The zero-order chi connectivity index (χ0) is 14.6. The van der Waals surface area contributed by atoms with E-state index < -0.39 is 24.6 Å². The summed E-state index contributed by atoms with van der Waals surface area (Å²) in [4.78, 5) is 14.2. The second-order valence-electron chi connectivity index (χ2n) is 3.35. The first-order valence-corrected chi connectivity index (χ1v) is 5.99. The molecule has 1 aromatic heterocycles. The molecule has 0 aliphatic rings. The van der Waals surface area contributed by atoms with Gasteiger partial charge >= 0.3 is 12.3 Å². The fourth-order valence-electron chi connectivity index (χ4n) is 1.31. The normalized spacial score (nSPS) is 11.2. The first-order valence-electron chi connectivity index (χ1n) is 4.87. The van der Waals surface area contributed by atoms with Crippen LogP contribution >= 0.6 is 15.9 Å². The number of carbonyl (C=O) groups is 1. The van der Waals surface area contributed by atoms with Crippen LogP contribution in [-0.4, -0.2) is 29.5 Å². The van der Waals surface area contributed by atoms with Crippen LogP contribution in [0.4, 0.5) is 13.2 Å². The number of aromatic nitrogens is 1. The summed E-state index contributed by atoms with van der Waals surface area (Å²) in [5.74, 6) is -1.91. The third-order valence-corrected chi connectivity index (χ3v) is 2.53. The highest BCUT2D eigenvalue weighted by atomic mass is 79.9. The van der Waals surface area contributed by atoms with Gasteiger partial charge in [-0.15, -0.1) is 13.2 Å². The summed E-state index contributed by atoms with van der Waals surface area (Å²) < 4.78 is 45.3. The van der Waals surface area contributed by atoms with E-state index in [-0.39, 0.29) is 22.3 Å². The lowest BCUT2D eigenvalue weighted by atomic mass is 10.1. The molecule has 1 rings (SSSR count). The molecule has 0 bridgehead atoms. The fraction of sp³-hybridized carbons (Fsp3) is 0.400. The fourth-order valence-corrected chi connectivity index (χ4v) is 1.71. The Kier molecular flexibility index (Phi) is 4.98. The summed E-state index contributed by atoms with van der Waals surface area (Å²) in [7, 11) is 1.30. The van der Waals surface area contributed by atoms with E-state index in [1.54, 1.807) is 0 Å². The molecule has 0 radical (unpaired) electrons. The lowest BCUT2D eigenvalue weighted by Gasteiger charge is -2.14. The molecule has 5 nitrogen and oxygen atoms in total. The van der Waals surface area contributed by atoms with Crippen molar-refractivity contribution >= 4 is 21.9 Å². The van der Waals surface area contributed by atoms with E-state index in [2.05, 4.69) is 25.7 Å². The second-order valence-corrected chi connectivity index (χ2v) is 3.91. The van der Waals surface area contributed by atoms with Crippen LogP contribution in [-0.2, 0) is 16.5 Å². The van der Waals surface area contributed by atoms with Crippen LogP contribution in [0.2, 0.25) is 0 Å². The van der Waals surface area contributed by atoms with Gasteiger partial charge in [-0.05, 0) is 6.07 Å². The molecule has 1 aromatic rings. The van der Waals surface area contributed by atoms with E-state index in [9.17, 15) is 18.0 Å². The molecule has 0 saturated carbocycles. The van der Waals surface area contributed by atoms with Crippen LogP contribution in [0.3, 0.4) is 0 Å². The minimum absolute atomic E-state index is 0.137. The van der Waals surface area contributed by atoms with Crippen molar-refractivity contribution in [1.82, 2.24) is 4.98 Å². The maximum atomic E-state index is 12.2. The molecular weight excluding hydrogens is 335 g/mol. The minimum atomic E-state index is -4.95. The molecule has 0 saturated heterocycles. The van der Waals surface area contributed by atoms with E-state index in [4.69, 9.17) is 9.84 Å². The number of pyridine rings is 1. The number of rotatable bonds is 5. The Morgan fingerprint density at radius 1 is 1.53 bits per heavy atom. The summed E-state index contributed by atoms with van der Waals surface area (Å²) in [5, 5.41) is 8.80. The minimum Gasteiger partial charge on any atom is -0.495 e. The summed E-state index contributed by atoms with van der Waals surface area (Å²) in [6.07, 6.45) is -5.60. The molecular formula is C10H9BrF3NO4. The van der Waals surface area contributed by atoms with Crippen molar-refractivity contribution in [3.05, 3.63) is 17.3 Å². The van der Waals surface area contributed by atoms with Gasteiger partial charge in [0.1, 0.15) is 5.75 Å². The molecule has 9 heteroatoms. The number of aliphatic carboxylic acids is 1. The number of carboxylic acid groups (broad SMARTS) is 1. The molecule has 0 aromatic carbocycles. The van der Waals surface area contributed by atoms with Crippen molar-refractivity contribution in [3.63, 3.8) is 0 Å². The van der Waals surface area contributed by atoms with Crippen molar-refractivity contribution in [2.45, 2.75) is 18.1 Å². The van der Waals surface area contributed by atoms with Crippen molar-refractivity contribution in [2.75, 3.05) is 7.11 Å². The van der Waals surface area contributed by atoms with Crippen molar-refractivity contribution in [2.24, 2.45) is 0 Å². The number of ether oxygens (including phenoxy) is 2. The first-order chi connectivity index (χ1) is 8.76. The van der Waals surface area contributed by atoms with Crippen LogP contribution in [0.5, 0.6) is 11.6 Å². The van der Waals surface area contributed by atoms with Gasteiger partial charge in [-0.3, -0.25) is 4.79 Å². The topological polar surface area (TPSA) is 68.7 Å². The third kappa shape index (κ3) is 4.58. The average molecular weight is 344 g/mol. The molecule has 1 N–H and O–H groups in total. The van der Waals surface area contributed by atoms with Gasteiger partial charge in [0.2, 0.25) is 5.88 Å². The molecule has 0 amide bonds. The maximum absolute atomic E-state index is 12.2. The van der Waals surface area contributed by atoms with E-state index >= 15 is 0 Å². The summed E-state index contributed by atoms with van der Waals surface area (Å²) in [5.41, 5.74) is -0.0396. The predicted molar refractivity (Wildman–Crippen MR) is 61.4 cm³/mol. The highest BCUT2D eigenvalue weighted by Gasteiger charge is 2.33. The lowest BCUT2D eigenvalue weighted by Crippen LogP contribution is -2.20. The van der Waals surface area contributed by atoms with E-state index in [1.165, 1.54) is 13.2 Å². The van der Waals surface area contributed by atoms with Crippen LogP contribution in [0.15, 0.2) is 6.07 Å². The summed E-state index contributed by atoms with van der Waals surface area (Å²) in [6.45, 7) is 0. The van der Waals surface area contributed by atoms with Crippen LogP contribution < -0.4 is 9.47 Å². The van der Waals surface area contributed by atoms with Crippen LogP contribution in [0.25, 0.3) is 0 Å². The number of hydrogen-bond donors (Lipinski definition) is 1. The van der Waals surface area contributed by atoms with E-state index in [0.717, 1.165) is 0 Å². The smallest absolute Gasteiger partial charge is 0.495 e. The van der Waals surface area contributed by atoms with Crippen LogP contribution in [0.1, 0.15) is 11.3 Å². The van der Waals surface area contributed by atoms with Crippen LogP contribution in [0, 0.1) is 0 Å². The number of halogens is 4. The average Bonchev–Trinajstić information content (AvgIpc) is 2.28. The van der Waals surface area contributed by atoms with Gasteiger partial charge in [-0.1, -0.05) is 15.9 Å². The Morgan fingerprint density at radius 3 is 2.58 bits per heavy atom. The molecule has 0 spiro atoms. The quantitative estimate of drug-likeness (QED) is 0.832. The highest BCUT2D eigenvalue weighted by Crippen LogP contribution is 2.30. The van der Waals surface area contributed by atoms with E-state index in [0.29, 0.717) is 0 Å². The Labute approximate surface area is 114 Å². The number of alkyl halides is 4. The van der Waals surface area contributed by atoms with Gasteiger partial charge in [-0.25, -0.2) is 4.98 Å². The predicted octanol–water partition coefficient (Wildman–Crippen LogP) is 2.51. The van der Waals surface area contributed by atoms with Crippen molar-refractivity contribution in [3.8, 4) is 11.6 Å². The van der Waals surface area contributed by atoms with Gasteiger partial charge in [-0.2, -0.15) is 0 Å². The van der Waals surface area contributed by atoms with Gasteiger partial charge in [0.25, 0.3) is 0 Å². The summed E-state index contributed by atoms with van der Waals surface area (Å²) >= 11 is 3.04. The van der Waals surface area contributed by atoms with Gasteiger partial charge in [0, 0.05) is 10.9 Å². The number of hydrogen-bond acceptors (Lipinski definition) is 4. The Balaban J connectivity index is 3.27. The zero-order valence-corrected chi connectivity index (χ0v) is 11.2. The summed E-state index contributed by atoms with van der Waals surface area (Å²) in [6, 6.07) is 1.17. The molecule has 0 aliphatic heterocycles. The van der Waals surface area contributed by atoms with Gasteiger partial charge < -0.3 is 14.6 Å². The number of carboxylic acids is 1. The molecule has 0 aliphatic carbocycles. The standard InChI is InChI=1S/C10H9BrF3NO4/c1-18-7-2-5(3-8(16)17)9(15-6(7)4-11)19-10(12,13)14/h2H,3-4H2,1H3,(H,16,17). The highest BCUT2D eigenvalue weighted by molar-refractivity contribution is 9.08. The van der Waals surface area contributed by atoms with Gasteiger partial charge in [0.15, 0.2) is 0 Å². The Hall–Kier alpha value is -1.51.